The van der Waals surface area contributed by atoms with E-state index in [2.05, 4.69) is 16.3 Å². The summed E-state index contributed by atoms with van der Waals surface area (Å²) in [6.07, 6.45) is 1.88. The van der Waals surface area contributed by atoms with Crippen LogP contribution in [0.25, 0.3) is 10.6 Å². The van der Waals surface area contributed by atoms with Crippen LogP contribution in [0, 0.1) is 31.1 Å². The van der Waals surface area contributed by atoms with Gasteiger partial charge in [0.05, 0.1) is 11.4 Å². The summed E-state index contributed by atoms with van der Waals surface area (Å²) < 4.78 is 0. The van der Waals surface area contributed by atoms with Crippen molar-refractivity contribution in [3.63, 3.8) is 0 Å². The molecule has 1 saturated heterocycles. The van der Waals surface area contributed by atoms with Gasteiger partial charge in [-0.3, -0.25) is 0 Å². The number of pyridine rings is 1. The fourth-order valence-corrected chi connectivity index (χ4v) is 5.91. The van der Waals surface area contributed by atoms with Crippen LogP contribution in [0.1, 0.15) is 35.4 Å². The van der Waals surface area contributed by atoms with E-state index >= 15 is 0 Å². The van der Waals surface area contributed by atoms with E-state index in [0.717, 1.165) is 64.2 Å². The Labute approximate surface area is 202 Å². The molecule has 32 heavy (non-hydrogen) atoms. The number of rotatable bonds is 6. The third kappa shape index (κ3) is 4.94. The number of aliphatic hydroxyl groups is 1. The highest BCUT2D eigenvalue weighted by atomic mass is 35.5. The monoisotopic (exact) mass is 484 g/mol. The molecule has 1 aliphatic rings. The largest absolute Gasteiger partial charge is 0.396 e. The summed E-state index contributed by atoms with van der Waals surface area (Å²) >= 11 is 9.16. The van der Waals surface area contributed by atoms with Crippen LogP contribution >= 0.6 is 34.7 Å². The molecule has 0 saturated carbocycles. The van der Waals surface area contributed by atoms with Gasteiger partial charge in [0.25, 0.3) is 0 Å². The van der Waals surface area contributed by atoms with E-state index in [0.29, 0.717) is 22.3 Å². The average Bonchev–Trinajstić information content (AvgIpc) is 3.29. The summed E-state index contributed by atoms with van der Waals surface area (Å²) in [6, 6.07) is 10.1. The van der Waals surface area contributed by atoms with Crippen molar-refractivity contribution in [3.05, 3.63) is 57.2 Å². The Kier molecular flexibility index (Phi) is 7.37. The first-order valence-electron chi connectivity index (χ1n) is 10.6. The van der Waals surface area contributed by atoms with Gasteiger partial charge in [-0.15, -0.1) is 11.3 Å². The molecule has 0 spiro atoms. The standard InChI is InChI=1S/C24H25ClN4OS2/c1-15-16(2)27-24(21(11-26)22(15)29-9-7-17(12-30)8-10-29)32-14-20-13-31-23(28-20)18-3-5-19(25)6-4-18/h3-6,13,17,30H,7-10,12,14H2,1-2H3. The minimum atomic E-state index is 0.236. The fraction of sp³-hybridized carbons (Fsp3) is 0.375. The van der Waals surface area contributed by atoms with Gasteiger partial charge in [-0.05, 0) is 50.3 Å². The Bertz CT molecular complexity index is 1130. The van der Waals surface area contributed by atoms with E-state index in [9.17, 15) is 10.4 Å². The number of thiazole rings is 1. The van der Waals surface area contributed by atoms with Crippen molar-refractivity contribution in [3.8, 4) is 16.6 Å². The van der Waals surface area contributed by atoms with Crippen LogP contribution in [0.15, 0.2) is 34.7 Å². The van der Waals surface area contributed by atoms with Gasteiger partial charge >= 0.3 is 0 Å². The smallest absolute Gasteiger partial charge is 0.123 e. The molecule has 1 N–H and O–H groups in total. The predicted molar refractivity (Wildman–Crippen MR) is 133 cm³/mol. The fourth-order valence-electron chi connectivity index (χ4n) is 3.93. The Morgan fingerprint density at radius 2 is 1.94 bits per heavy atom. The first-order valence-corrected chi connectivity index (χ1v) is 12.8. The maximum absolute atomic E-state index is 10.0. The minimum absolute atomic E-state index is 0.236. The Hall–Kier alpha value is -2.11. The summed E-state index contributed by atoms with van der Waals surface area (Å²) in [6.45, 7) is 5.99. The van der Waals surface area contributed by atoms with Gasteiger partial charge in [0.1, 0.15) is 21.7 Å². The van der Waals surface area contributed by atoms with Gasteiger partial charge in [-0.1, -0.05) is 35.5 Å². The molecule has 1 fully saturated rings. The molecule has 3 aromatic rings. The molecule has 0 unspecified atom stereocenters. The molecule has 2 aromatic heterocycles. The number of nitrogens with zero attached hydrogens (tertiary/aromatic N) is 4. The number of aliphatic hydroxyl groups excluding tert-OH is 1. The zero-order valence-corrected chi connectivity index (χ0v) is 20.5. The molecule has 0 aliphatic carbocycles. The van der Waals surface area contributed by atoms with Gasteiger partial charge in [0.2, 0.25) is 0 Å². The Balaban J connectivity index is 1.55. The minimum Gasteiger partial charge on any atom is -0.396 e. The van der Waals surface area contributed by atoms with Crippen LogP contribution in [-0.4, -0.2) is 34.8 Å². The highest BCUT2D eigenvalue weighted by Crippen LogP contribution is 2.37. The maximum atomic E-state index is 10.0. The van der Waals surface area contributed by atoms with Crippen LogP contribution in [0.4, 0.5) is 5.69 Å². The van der Waals surface area contributed by atoms with Crippen LogP contribution in [0.3, 0.4) is 0 Å². The Morgan fingerprint density at radius 1 is 1.22 bits per heavy atom. The number of hydrogen-bond acceptors (Lipinski definition) is 7. The molecule has 8 heteroatoms. The van der Waals surface area contributed by atoms with E-state index in [-0.39, 0.29) is 6.61 Å². The van der Waals surface area contributed by atoms with E-state index < -0.39 is 0 Å². The highest BCUT2D eigenvalue weighted by Gasteiger charge is 2.25. The lowest BCUT2D eigenvalue weighted by Crippen LogP contribution is -2.36. The quantitative estimate of drug-likeness (QED) is 0.442. The average molecular weight is 485 g/mol. The zero-order chi connectivity index (χ0) is 22.7. The molecule has 0 atom stereocenters. The molecular weight excluding hydrogens is 460 g/mol. The number of benzene rings is 1. The van der Waals surface area contributed by atoms with E-state index in [4.69, 9.17) is 21.6 Å². The maximum Gasteiger partial charge on any atom is 0.123 e. The molecule has 4 rings (SSSR count). The summed E-state index contributed by atoms with van der Waals surface area (Å²) in [4.78, 5) is 11.8. The third-order valence-electron chi connectivity index (χ3n) is 5.92. The predicted octanol–water partition coefficient (Wildman–Crippen LogP) is 5.85. The second-order valence-electron chi connectivity index (χ2n) is 8.02. The number of anilines is 1. The van der Waals surface area contributed by atoms with Crippen LogP contribution < -0.4 is 4.90 Å². The van der Waals surface area contributed by atoms with Gasteiger partial charge in [0.15, 0.2) is 0 Å². The van der Waals surface area contributed by atoms with Gasteiger partial charge < -0.3 is 10.0 Å². The summed E-state index contributed by atoms with van der Waals surface area (Å²) in [5, 5.41) is 24.0. The summed E-state index contributed by atoms with van der Waals surface area (Å²) in [5.41, 5.74) is 5.68. The van der Waals surface area contributed by atoms with E-state index in [1.807, 2.05) is 38.1 Å². The molecule has 0 bridgehead atoms. The molecule has 0 amide bonds. The molecular formula is C24H25ClN4OS2. The van der Waals surface area contributed by atoms with Crippen molar-refractivity contribution in [2.75, 3.05) is 24.6 Å². The topological polar surface area (TPSA) is 73.0 Å². The van der Waals surface area contributed by atoms with Crippen LogP contribution in [0.5, 0.6) is 0 Å². The Morgan fingerprint density at radius 3 is 2.59 bits per heavy atom. The van der Waals surface area contributed by atoms with E-state index in [1.165, 1.54) is 0 Å². The van der Waals surface area contributed by atoms with Crippen molar-refractivity contribution >= 4 is 40.4 Å². The lowest BCUT2D eigenvalue weighted by molar-refractivity contribution is 0.203. The first kappa shape index (κ1) is 23.1. The third-order valence-corrected chi connectivity index (χ3v) is 8.12. The van der Waals surface area contributed by atoms with Crippen molar-refractivity contribution in [2.45, 2.75) is 37.5 Å². The summed E-state index contributed by atoms with van der Waals surface area (Å²) in [7, 11) is 0. The number of thioether (sulfide) groups is 1. The second-order valence-corrected chi connectivity index (χ2v) is 10.3. The summed E-state index contributed by atoms with van der Waals surface area (Å²) in [5.74, 6) is 1.01. The molecule has 166 valence electrons. The van der Waals surface area contributed by atoms with Gasteiger partial charge in [0, 0.05) is 47.1 Å². The van der Waals surface area contributed by atoms with Gasteiger partial charge in [-0.2, -0.15) is 5.26 Å². The second kappa shape index (κ2) is 10.2. The van der Waals surface area contributed by atoms with Gasteiger partial charge in [-0.25, -0.2) is 9.97 Å². The molecule has 5 nitrogen and oxygen atoms in total. The number of hydrogen-bond donors (Lipinski definition) is 1. The molecule has 0 radical (unpaired) electrons. The SMILES string of the molecule is Cc1nc(SCc2csc(-c3ccc(Cl)cc3)n2)c(C#N)c(N2CCC(CO)CC2)c1C. The van der Waals surface area contributed by atoms with E-state index in [1.54, 1.807) is 23.1 Å². The number of aromatic nitrogens is 2. The number of halogens is 1. The molecule has 1 aromatic carbocycles. The zero-order valence-electron chi connectivity index (χ0n) is 18.1. The number of piperidine rings is 1. The number of aryl methyl sites for hydroxylation is 1. The van der Waals surface area contributed by atoms with Crippen molar-refractivity contribution in [1.29, 1.82) is 5.26 Å². The molecule has 1 aliphatic heterocycles. The van der Waals surface area contributed by atoms with Crippen LogP contribution in [0.2, 0.25) is 5.02 Å². The lowest BCUT2D eigenvalue weighted by Gasteiger charge is -2.35. The van der Waals surface area contributed by atoms with Crippen molar-refractivity contribution in [1.82, 2.24) is 9.97 Å². The molecule has 3 heterocycles. The van der Waals surface area contributed by atoms with Crippen molar-refractivity contribution in [2.24, 2.45) is 5.92 Å². The number of nitriles is 1. The first-order chi connectivity index (χ1) is 15.5. The highest BCUT2D eigenvalue weighted by molar-refractivity contribution is 7.98. The normalized spacial score (nSPS) is 14.5. The van der Waals surface area contributed by atoms with Crippen LogP contribution in [-0.2, 0) is 5.75 Å². The lowest BCUT2D eigenvalue weighted by atomic mass is 9.96. The van der Waals surface area contributed by atoms with Crippen molar-refractivity contribution < 1.29 is 5.11 Å².